The van der Waals surface area contributed by atoms with Crippen molar-refractivity contribution in [3.63, 3.8) is 0 Å². The first-order chi connectivity index (χ1) is 11.2. The summed E-state index contributed by atoms with van der Waals surface area (Å²) in [5.74, 6) is 2.74. The number of aliphatic imine (C=N–C) groups is 1. The highest BCUT2D eigenvalue weighted by Crippen LogP contribution is 2.28. The first kappa shape index (κ1) is 21.3. The normalized spacial score (nSPS) is 15.7. The van der Waals surface area contributed by atoms with Gasteiger partial charge in [0.2, 0.25) is 0 Å². The molecule has 24 heavy (non-hydrogen) atoms. The summed E-state index contributed by atoms with van der Waals surface area (Å²) < 4.78 is 11.1. The first-order valence-corrected chi connectivity index (χ1v) is 8.81. The number of ether oxygens (including phenoxy) is 1. The SMILES string of the molecule is CCC(C)NC(=NCCc1ccco1)N(C)CCOCC1CC1.I. The molecule has 1 aliphatic rings. The zero-order valence-corrected chi connectivity index (χ0v) is 17.5. The fourth-order valence-electron chi connectivity index (χ4n) is 2.17. The predicted molar refractivity (Wildman–Crippen MR) is 109 cm³/mol. The van der Waals surface area contributed by atoms with Crippen LogP contribution in [0.1, 0.15) is 38.9 Å². The van der Waals surface area contributed by atoms with Crippen LogP contribution in [0.3, 0.4) is 0 Å². The zero-order chi connectivity index (χ0) is 16.5. The third kappa shape index (κ3) is 8.37. The summed E-state index contributed by atoms with van der Waals surface area (Å²) in [5, 5.41) is 3.50. The summed E-state index contributed by atoms with van der Waals surface area (Å²) in [4.78, 5) is 6.88. The van der Waals surface area contributed by atoms with Crippen LogP contribution in [0.25, 0.3) is 0 Å². The Kier molecular flexibility index (Phi) is 10.4. The fourth-order valence-corrected chi connectivity index (χ4v) is 2.17. The van der Waals surface area contributed by atoms with Crippen molar-refractivity contribution in [2.75, 3.05) is 33.4 Å². The van der Waals surface area contributed by atoms with Crippen molar-refractivity contribution in [2.45, 2.75) is 45.6 Å². The van der Waals surface area contributed by atoms with E-state index in [1.807, 2.05) is 12.1 Å². The molecule has 6 heteroatoms. The van der Waals surface area contributed by atoms with E-state index in [2.05, 4.69) is 31.1 Å². The maximum absolute atomic E-state index is 5.73. The van der Waals surface area contributed by atoms with E-state index in [0.29, 0.717) is 6.04 Å². The van der Waals surface area contributed by atoms with E-state index < -0.39 is 0 Å². The lowest BCUT2D eigenvalue weighted by Crippen LogP contribution is -2.44. The third-order valence-electron chi connectivity index (χ3n) is 4.17. The van der Waals surface area contributed by atoms with Crippen LogP contribution in [-0.4, -0.2) is 50.3 Å². The maximum atomic E-state index is 5.73. The zero-order valence-electron chi connectivity index (χ0n) is 15.2. The van der Waals surface area contributed by atoms with Gasteiger partial charge in [-0.05, 0) is 44.2 Å². The van der Waals surface area contributed by atoms with Crippen molar-refractivity contribution >= 4 is 29.9 Å². The number of furan rings is 1. The van der Waals surface area contributed by atoms with Crippen molar-refractivity contribution in [1.82, 2.24) is 10.2 Å². The summed E-state index contributed by atoms with van der Waals surface area (Å²) in [5.41, 5.74) is 0. The van der Waals surface area contributed by atoms with Gasteiger partial charge in [-0.2, -0.15) is 0 Å². The standard InChI is InChI=1S/C18H31N3O2.HI/c1-4-15(2)20-18(19-10-9-17-6-5-12-23-17)21(3)11-13-22-14-16-7-8-16;/h5-6,12,15-16H,4,7-11,13-14H2,1-3H3,(H,19,20);1H. The van der Waals surface area contributed by atoms with Gasteiger partial charge in [0.05, 0.1) is 12.9 Å². The van der Waals surface area contributed by atoms with Crippen LogP contribution in [0.15, 0.2) is 27.8 Å². The molecule has 138 valence electrons. The smallest absolute Gasteiger partial charge is 0.193 e. The molecule has 1 aromatic rings. The van der Waals surface area contributed by atoms with E-state index in [1.54, 1.807) is 6.26 Å². The van der Waals surface area contributed by atoms with Crippen molar-refractivity contribution in [3.8, 4) is 0 Å². The van der Waals surface area contributed by atoms with Gasteiger partial charge in [0.15, 0.2) is 5.96 Å². The predicted octanol–water partition coefficient (Wildman–Crippen LogP) is 3.54. The molecule has 0 aromatic carbocycles. The second-order valence-corrected chi connectivity index (χ2v) is 6.43. The third-order valence-corrected chi connectivity index (χ3v) is 4.17. The van der Waals surface area contributed by atoms with Crippen molar-refractivity contribution in [3.05, 3.63) is 24.2 Å². The summed E-state index contributed by atoms with van der Waals surface area (Å²) in [6.07, 6.45) is 6.28. The number of nitrogens with zero attached hydrogens (tertiary/aromatic N) is 2. The Hall–Kier alpha value is -0.760. The minimum absolute atomic E-state index is 0. The van der Waals surface area contributed by atoms with Gasteiger partial charge in [0, 0.05) is 39.2 Å². The number of likely N-dealkylation sites (N-methyl/N-ethyl adjacent to an activating group) is 1. The van der Waals surface area contributed by atoms with Crippen LogP contribution in [0.2, 0.25) is 0 Å². The molecule has 1 aliphatic carbocycles. The number of rotatable bonds is 10. The van der Waals surface area contributed by atoms with E-state index in [1.165, 1.54) is 12.8 Å². The Morgan fingerprint density at radius 2 is 2.29 bits per heavy atom. The van der Waals surface area contributed by atoms with E-state index in [-0.39, 0.29) is 24.0 Å². The molecule has 1 atom stereocenters. The van der Waals surface area contributed by atoms with Gasteiger partial charge < -0.3 is 19.4 Å². The molecule has 1 saturated carbocycles. The minimum Gasteiger partial charge on any atom is -0.469 e. The molecule has 1 N–H and O–H groups in total. The lowest BCUT2D eigenvalue weighted by molar-refractivity contribution is 0.115. The second-order valence-electron chi connectivity index (χ2n) is 6.43. The quantitative estimate of drug-likeness (QED) is 0.257. The largest absolute Gasteiger partial charge is 0.469 e. The summed E-state index contributed by atoms with van der Waals surface area (Å²) in [6, 6.07) is 4.32. The molecule has 5 nitrogen and oxygen atoms in total. The number of hydrogen-bond acceptors (Lipinski definition) is 3. The topological polar surface area (TPSA) is 50.0 Å². The average Bonchev–Trinajstić information content (AvgIpc) is 3.24. The molecule has 1 aromatic heterocycles. The van der Waals surface area contributed by atoms with Crippen molar-refractivity contribution in [2.24, 2.45) is 10.9 Å². The molecule has 0 saturated heterocycles. The monoisotopic (exact) mass is 449 g/mol. The number of nitrogens with one attached hydrogen (secondary N) is 1. The Labute approximate surface area is 163 Å². The van der Waals surface area contributed by atoms with E-state index in [4.69, 9.17) is 14.1 Å². The van der Waals surface area contributed by atoms with Gasteiger partial charge >= 0.3 is 0 Å². The fraction of sp³-hybridized carbons (Fsp3) is 0.722. The Morgan fingerprint density at radius 3 is 2.92 bits per heavy atom. The first-order valence-electron chi connectivity index (χ1n) is 8.81. The molecule has 0 radical (unpaired) electrons. The molecule has 1 heterocycles. The molecule has 1 fully saturated rings. The summed E-state index contributed by atoms with van der Waals surface area (Å²) in [6.45, 7) is 7.61. The average molecular weight is 449 g/mol. The van der Waals surface area contributed by atoms with Gasteiger partial charge in [-0.1, -0.05) is 6.92 Å². The van der Waals surface area contributed by atoms with Crippen LogP contribution < -0.4 is 5.32 Å². The summed E-state index contributed by atoms with van der Waals surface area (Å²) in [7, 11) is 2.07. The Balaban J connectivity index is 0.00000288. The molecule has 0 aliphatic heterocycles. The van der Waals surface area contributed by atoms with Crippen LogP contribution >= 0.6 is 24.0 Å². The van der Waals surface area contributed by atoms with E-state index >= 15 is 0 Å². The highest BCUT2D eigenvalue weighted by Gasteiger charge is 2.21. The number of guanidine groups is 1. The van der Waals surface area contributed by atoms with Gasteiger partial charge in [-0.25, -0.2) is 0 Å². The van der Waals surface area contributed by atoms with Gasteiger partial charge in [0.1, 0.15) is 5.76 Å². The molecular formula is C18H32IN3O2. The molecular weight excluding hydrogens is 417 g/mol. The van der Waals surface area contributed by atoms with Gasteiger partial charge in [-0.3, -0.25) is 4.99 Å². The van der Waals surface area contributed by atoms with Gasteiger partial charge in [-0.15, -0.1) is 24.0 Å². The van der Waals surface area contributed by atoms with Crippen LogP contribution in [0.5, 0.6) is 0 Å². The molecule has 2 rings (SSSR count). The Morgan fingerprint density at radius 1 is 1.50 bits per heavy atom. The van der Waals surface area contributed by atoms with E-state index in [9.17, 15) is 0 Å². The maximum Gasteiger partial charge on any atom is 0.193 e. The number of halogens is 1. The van der Waals surface area contributed by atoms with Crippen molar-refractivity contribution in [1.29, 1.82) is 0 Å². The van der Waals surface area contributed by atoms with Crippen molar-refractivity contribution < 1.29 is 9.15 Å². The Bertz CT molecular complexity index is 461. The van der Waals surface area contributed by atoms with Crippen LogP contribution in [0, 0.1) is 5.92 Å². The molecule has 1 unspecified atom stereocenters. The second kappa shape index (κ2) is 11.7. The molecule has 0 spiro atoms. The highest BCUT2D eigenvalue weighted by molar-refractivity contribution is 14.0. The molecule has 0 amide bonds. The summed E-state index contributed by atoms with van der Waals surface area (Å²) >= 11 is 0. The molecule has 0 bridgehead atoms. The van der Waals surface area contributed by atoms with Crippen LogP contribution in [-0.2, 0) is 11.2 Å². The lowest BCUT2D eigenvalue weighted by Gasteiger charge is -2.25. The van der Waals surface area contributed by atoms with Crippen LogP contribution in [0.4, 0.5) is 0 Å². The minimum atomic E-state index is 0. The van der Waals surface area contributed by atoms with Gasteiger partial charge in [0.25, 0.3) is 0 Å². The lowest BCUT2D eigenvalue weighted by atomic mass is 10.3. The number of hydrogen-bond donors (Lipinski definition) is 1. The highest BCUT2D eigenvalue weighted by atomic mass is 127. The van der Waals surface area contributed by atoms with E-state index in [0.717, 1.165) is 56.8 Å².